The number of anilines is 1. The van der Waals surface area contributed by atoms with Crippen molar-refractivity contribution < 1.29 is 4.92 Å². The van der Waals surface area contributed by atoms with Gasteiger partial charge in [0.25, 0.3) is 0 Å². The number of nitrogens with zero attached hydrogens (tertiary/aromatic N) is 4. The molecule has 2 heterocycles. The Hall–Kier alpha value is -1.63. The zero-order chi connectivity index (χ0) is 12.7. The summed E-state index contributed by atoms with van der Waals surface area (Å²) in [5, 5.41) is 11.0. The number of aryl methyl sites for hydroxylation is 1. The zero-order valence-corrected chi connectivity index (χ0v) is 10.3. The molecule has 1 fully saturated rings. The Morgan fingerprint density at radius 3 is 2.65 bits per heavy atom. The quantitative estimate of drug-likeness (QED) is 0.596. The summed E-state index contributed by atoms with van der Waals surface area (Å²) in [5.41, 5.74) is 5.95. The topological polar surface area (TPSA) is 90.2 Å². The van der Waals surface area contributed by atoms with Crippen LogP contribution in [0, 0.1) is 23.0 Å². The molecule has 0 bridgehead atoms. The lowest BCUT2D eigenvalue weighted by Gasteiger charge is -2.17. The molecule has 0 aliphatic carbocycles. The molecule has 7 nitrogen and oxygen atoms in total. The third-order valence-electron chi connectivity index (χ3n) is 3.41. The standard InChI is InChI=1S/C10H17N5O2/c1-6-4-14(5-8(6)11)10-9(15(16)17)12-7(2)13(10)3/h6,8H,4-5,11H2,1-3H3. The lowest BCUT2D eigenvalue weighted by Crippen LogP contribution is -2.29. The van der Waals surface area contributed by atoms with Gasteiger partial charge in [0, 0.05) is 33.1 Å². The second kappa shape index (κ2) is 3.99. The Kier molecular flexibility index (Phi) is 2.78. The first-order valence-electron chi connectivity index (χ1n) is 5.60. The average Bonchev–Trinajstić information content (AvgIpc) is 2.71. The molecule has 0 saturated carbocycles. The van der Waals surface area contributed by atoms with Gasteiger partial charge in [0.05, 0.1) is 0 Å². The van der Waals surface area contributed by atoms with Crippen LogP contribution in [-0.4, -0.2) is 33.6 Å². The number of hydrogen-bond acceptors (Lipinski definition) is 5. The molecule has 94 valence electrons. The van der Waals surface area contributed by atoms with Crippen molar-refractivity contribution in [2.24, 2.45) is 18.7 Å². The first-order valence-corrected chi connectivity index (χ1v) is 5.60. The highest BCUT2D eigenvalue weighted by Gasteiger charge is 2.34. The van der Waals surface area contributed by atoms with Crippen molar-refractivity contribution in [1.29, 1.82) is 0 Å². The van der Waals surface area contributed by atoms with Gasteiger partial charge in [-0.25, -0.2) is 0 Å². The molecule has 1 aromatic heterocycles. The lowest BCUT2D eigenvalue weighted by atomic mass is 10.1. The molecule has 1 aliphatic rings. The predicted molar refractivity (Wildman–Crippen MR) is 64.0 cm³/mol. The molecule has 1 aliphatic heterocycles. The number of aromatic nitrogens is 2. The van der Waals surface area contributed by atoms with Gasteiger partial charge in [0.1, 0.15) is 0 Å². The van der Waals surface area contributed by atoms with Crippen LogP contribution in [0.1, 0.15) is 12.7 Å². The van der Waals surface area contributed by atoms with Crippen molar-refractivity contribution in [2.45, 2.75) is 19.9 Å². The Balaban J connectivity index is 2.41. The van der Waals surface area contributed by atoms with Gasteiger partial charge in [-0.2, -0.15) is 0 Å². The first kappa shape index (κ1) is 11.8. The minimum Gasteiger partial charge on any atom is -0.358 e. The van der Waals surface area contributed by atoms with Crippen molar-refractivity contribution in [3.05, 3.63) is 15.9 Å². The second-order valence-electron chi connectivity index (χ2n) is 4.67. The monoisotopic (exact) mass is 239 g/mol. The average molecular weight is 239 g/mol. The predicted octanol–water partition coefficient (Wildman–Crippen LogP) is 0.420. The van der Waals surface area contributed by atoms with Crippen LogP contribution in [0.3, 0.4) is 0 Å². The van der Waals surface area contributed by atoms with Crippen molar-refractivity contribution in [3.63, 3.8) is 0 Å². The summed E-state index contributed by atoms with van der Waals surface area (Å²) < 4.78 is 1.75. The fourth-order valence-electron chi connectivity index (χ4n) is 2.22. The van der Waals surface area contributed by atoms with E-state index in [-0.39, 0.29) is 11.9 Å². The second-order valence-corrected chi connectivity index (χ2v) is 4.67. The molecule has 0 amide bonds. The Labute approximate surface area is 99.4 Å². The molecule has 0 radical (unpaired) electrons. The van der Waals surface area contributed by atoms with Gasteiger partial charge in [0.2, 0.25) is 11.6 Å². The number of imidazole rings is 1. The van der Waals surface area contributed by atoms with Crippen LogP contribution in [0.25, 0.3) is 0 Å². The van der Waals surface area contributed by atoms with E-state index in [0.29, 0.717) is 24.1 Å². The highest BCUT2D eigenvalue weighted by Crippen LogP contribution is 2.31. The molecule has 1 aromatic rings. The number of nitro groups is 1. The van der Waals surface area contributed by atoms with Gasteiger partial charge in [-0.1, -0.05) is 6.92 Å². The Morgan fingerprint density at radius 1 is 1.53 bits per heavy atom. The smallest absolute Gasteiger partial charge is 0.358 e. The number of hydrogen-bond donors (Lipinski definition) is 1. The molecular weight excluding hydrogens is 222 g/mol. The maximum atomic E-state index is 11.0. The molecule has 0 spiro atoms. The van der Waals surface area contributed by atoms with Crippen molar-refractivity contribution in [3.8, 4) is 0 Å². The summed E-state index contributed by atoms with van der Waals surface area (Å²) in [7, 11) is 1.79. The van der Waals surface area contributed by atoms with Crippen LogP contribution < -0.4 is 10.6 Å². The lowest BCUT2D eigenvalue weighted by molar-refractivity contribution is -0.388. The van der Waals surface area contributed by atoms with Crippen molar-refractivity contribution in [2.75, 3.05) is 18.0 Å². The minimum atomic E-state index is -0.434. The molecule has 2 atom stereocenters. The van der Waals surface area contributed by atoms with Crippen molar-refractivity contribution >= 4 is 11.6 Å². The Bertz CT molecular complexity index is 446. The van der Waals surface area contributed by atoms with Crippen LogP contribution in [0.4, 0.5) is 11.6 Å². The molecule has 17 heavy (non-hydrogen) atoms. The van der Waals surface area contributed by atoms with E-state index in [4.69, 9.17) is 5.73 Å². The van der Waals surface area contributed by atoms with E-state index in [1.54, 1.807) is 18.5 Å². The van der Waals surface area contributed by atoms with E-state index in [9.17, 15) is 10.1 Å². The fourth-order valence-corrected chi connectivity index (χ4v) is 2.22. The summed E-state index contributed by atoms with van der Waals surface area (Å²) >= 11 is 0. The van der Waals surface area contributed by atoms with Gasteiger partial charge in [0.15, 0.2) is 0 Å². The minimum absolute atomic E-state index is 0.0600. The normalized spacial score (nSPS) is 24.4. The molecule has 1 saturated heterocycles. The largest absolute Gasteiger partial charge is 0.406 e. The highest BCUT2D eigenvalue weighted by molar-refractivity contribution is 5.56. The van der Waals surface area contributed by atoms with Gasteiger partial charge < -0.3 is 20.7 Å². The van der Waals surface area contributed by atoms with Crippen LogP contribution in [0.15, 0.2) is 0 Å². The first-order chi connectivity index (χ1) is 7.91. The third-order valence-corrected chi connectivity index (χ3v) is 3.41. The molecule has 2 N–H and O–H groups in total. The molecule has 7 heteroatoms. The summed E-state index contributed by atoms with van der Waals surface area (Å²) in [5.74, 6) is 1.46. The summed E-state index contributed by atoms with van der Waals surface area (Å²) in [6, 6.07) is 0.0600. The van der Waals surface area contributed by atoms with Crippen LogP contribution in [0.5, 0.6) is 0 Å². The molecule has 0 aromatic carbocycles. The van der Waals surface area contributed by atoms with Crippen LogP contribution >= 0.6 is 0 Å². The van der Waals surface area contributed by atoms with E-state index in [1.165, 1.54) is 0 Å². The van der Waals surface area contributed by atoms with Gasteiger partial charge in [-0.3, -0.25) is 4.57 Å². The van der Waals surface area contributed by atoms with E-state index < -0.39 is 4.92 Å². The zero-order valence-electron chi connectivity index (χ0n) is 10.3. The third kappa shape index (κ3) is 1.86. The van der Waals surface area contributed by atoms with Crippen molar-refractivity contribution in [1.82, 2.24) is 9.55 Å². The highest BCUT2D eigenvalue weighted by atomic mass is 16.6. The maximum absolute atomic E-state index is 11.0. The maximum Gasteiger partial charge on any atom is 0.406 e. The summed E-state index contributed by atoms with van der Waals surface area (Å²) in [6.07, 6.45) is 0. The SMILES string of the molecule is Cc1nc([N+](=O)[O-])c(N2CC(C)C(N)C2)n1C. The van der Waals surface area contributed by atoms with E-state index in [0.717, 1.165) is 6.54 Å². The summed E-state index contributed by atoms with van der Waals surface area (Å²) in [6.45, 7) is 5.19. The van der Waals surface area contributed by atoms with E-state index >= 15 is 0 Å². The van der Waals surface area contributed by atoms with Crippen LogP contribution in [-0.2, 0) is 7.05 Å². The summed E-state index contributed by atoms with van der Waals surface area (Å²) in [4.78, 5) is 16.5. The Morgan fingerprint density at radius 2 is 2.18 bits per heavy atom. The van der Waals surface area contributed by atoms with Gasteiger partial charge in [-0.15, -0.1) is 0 Å². The van der Waals surface area contributed by atoms with Crippen LogP contribution in [0.2, 0.25) is 0 Å². The molecule has 2 rings (SSSR count). The van der Waals surface area contributed by atoms with Gasteiger partial charge in [-0.05, 0) is 15.8 Å². The van der Waals surface area contributed by atoms with Gasteiger partial charge >= 0.3 is 5.82 Å². The van der Waals surface area contributed by atoms with E-state index in [2.05, 4.69) is 11.9 Å². The number of rotatable bonds is 2. The molecule has 2 unspecified atom stereocenters. The van der Waals surface area contributed by atoms with E-state index in [1.807, 2.05) is 4.90 Å². The number of nitrogens with two attached hydrogens (primary N) is 1. The fraction of sp³-hybridized carbons (Fsp3) is 0.700. The molecular formula is C10H17N5O2.